The first-order valence-corrected chi connectivity index (χ1v) is 7.36. The van der Waals surface area contributed by atoms with Crippen molar-refractivity contribution < 1.29 is 7.65 Å². The molecule has 4 heteroatoms. The molecule has 0 atom stereocenters. The van der Waals surface area contributed by atoms with E-state index in [1.807, 2.05) is 50.2 Å². The molecule has 0 radical (unpaired) electrons. The van der Waals surface area contributed by atoms with Crippen LogP contribution >= 0.6 is 0 Å². The van der Waals surface area contributed by atoms with Crippen molar-refractivity contribution in [3.8, 4) is 0 Å². The second-order valence-electron chi connectivity index (χ2n) is 5.14. The number of aryl methyl sites for hydroxylation is 3. The van der Waals surface area contributed by atoms with E-state index in [1.165, 1.54) is 5.56 Å². The number of carbonyl (C=O) groups is 1. The smallest absolute Gasteiger partial charge is 0.306 e. The van der Waals surface area contributed by atoms with Crippen LogP contribution in [0, 0.1) is 13.8 Å². The molecule has 0 saturated carbocycles. The minimum absolute atomic E-state index is 0. The summed E-state index contributed by atoms with van der Waals surface area (Å²) in [5.74, 6) is 0. The fourth-order valence-corrected chi connectivity index (χ4v) is 2.30. The zero-order valence-corrected chi connectivity index (χ0v) is 13.2. The molecule has 0 aliphatic rings. The monoisotopic (exact) mass is 299 g/mol. The molecule has 0 spiro atoms. The summed E-state index contributed by atoms with van der Waals surface area (Å²) in [5.41, 5.74) is 7.58. The summed E-state index contributed by atoms with van der Waals surface area (Å²) in [4.78, 5) is 11.9. The van der Waals surface area contributed by atoms with Gasteiger partial charge in [0.05, 0.1) is 6.21 Å². The Hall–Kier alpha value is -2.62. The topological polar surface area (TPSA) is 53.5 Å². The highest BCUT2D eigenvalue weighted by Crippen LogP contribution is 2.18. The maximum Gasteiger partial charge on any atom is 0.339 e. The Balaban J connectivity index is 0.00000264. The SMILES string of the molecule is CCc1ccccc1/C=N/NC(=O)Nc1c(C)cccc1C.[HH].[HH]. The highest BCUT2D eigenvalue weighted by atomic mass is 16.2. The van der Waals surface area contributed by atoms with Gasteiger partial charge in [0, 0.05) is 8.54 Å². The van der Waals surface area contributed by atoms with Crippen LogP contribution in [0.1, 0.15) is 32.0 Å². The summed E-state index contributed by atoms with van der Waals surface area (Å²) in [6.07, 6.45) is 2.60. The Morgan fingerprint density at radius 3 is 2.50 bits per heavy atom. The van der Waals surface area contributed by atoms with E-state index in [-0.39, 0.29) is 8.88 Å². The van der Waals surface area contributed by atoms with Crippen molar-refractivity contribution in [1.82, 2.24) is 5.43 Å². The summed E-state index contributed by atoms with van der Waals surface area (Å²) in [6.45, 7) is 6.01. The molecule has 0 bridgehead atoms. The van der Waals surface area contributed by atoms with Gasteiger partial charge in [-0.1, -0.05) is 49.4 Å². The summed E-state index contributed by atoms with van der Waals surface area (Å²) >= 11 is 0. The summed E-state index contributed by atoms with van der Waals surface area (Å²) in [7, 11) is 0. The van der Waals surface area contributed by atoms with Crippen molar-refractivity contribution >= 4 is 17.9 Å². The number of para-hydroxylation sites is 1. The molecule has 0 aromatic heterocycles. The van der Waals surface area contributed by atoms with Crippen LogP contribution in [0.3, 0.4) is 0 Å². The van der Waals surface area contributed by atoms with Crippen LogP contribution in [0.2, 0.25) is 0 Å². The Kier molecular flexibility index (Phi) is 5.31. The van der Waals surface area contributed by atoms with Crippen LogP contribution < -0.4 is 10.7 Å². The number of anilines is 1. The van der Waals surface area contributed by atoms with Crippen molar-refractivity contribution in [2.45, 2.75) is 27.2 Å². The van der Waals surface area contributed by atoms with Crippen molar-refractivity contribution in [2.75, 3.05) is 5.32 Å². The van der Waals surface area contributed by atoms with Crippen LogP contribution in [-0.2, 0) is 6.42 Å². The maximum absolute atomic E-state index is 11.9. The highest BCUT2D eigenvalue weighted by Gasteiger charge is 2.05. The number of hydrogen-bond donors (Lipinski definition) is 2. The molecule has 2 amide bonds. The number of carbonyl (C=O) groups excluding carboxylic acids is 1. The van der Waals surface area contributed by atoms with E-state index < -0.39 is 0 Å². The number of nitrogens with zero attached hydrogens (tertiary/aromatic N) is 1. The van der Waals surface area contributed by atoms with E-state index in [4.69, 9.17) is 0 Å². The fraction of sp³-hybridized carbons (Fsp3) is 0.222. The third-order valence-electron chi connectivity index (χ3n) is 3.53. The number of benzene rings is 2. The molecule has 2 rings (SSSR count). The minimum Gasteiger partial charge on any atom is -0.306 e. The lowest BCUT2D eigenvalue weighted by atomic mass is 10.1. The van der Waals surface area contributed by atoms with E-state index in [0.29, 0.717) is 0 Å². The number of urea groups is 1. The first-order valence-electron chi connectivity index (χ1n) is 7.36. The number of hydrogen-bond acceptors (Lipinski definition) is 2. The van der Waals surface area contributed by atoms with E-state index in [1.54, 1.807) is 6.21 Å². The molecule has 2 aromatic carbocycles. The predicted octanol–water partition coefficient (Wildman–Crippen LogP) is 4.51. The van der Waals surface area contributed by atoms with Crippen LogP contribution in [-0.4, -0.2) is 12.2 Å². The third-order valence-corrected chi connectivity index (χ3v) is 3.53. The van der Waals surface area contributed by atoms with E-state index in [0.717, 1.165) is 28.8 Å². The zero-order valence-electron chi connectivity index (χ0n) is 13.2. The van der Waals surface area contributed by atoms with E-state index >= 15 is 0 Å². The Morgan fingerprint density at radius 1 is 1.14 bits per heavy atom. The van der Waals surface area contributed by atoms with Gasteiger partial charge in [-0.3, -0.25) is 0 Å². The van der Waals surface area contributed by atoms with Crippen molar-refractivity contribution in [2.24, 2.45) is 5.10 Å². The molecule has 0 saturated heterocycles. The molecule has 2 N–H and O–H groups in total. The quantitative estimate of drug-likeness (QED) is 0.633. The third kappa shape index (κ3) is 3.95. The van der Waals surface area contributed by atoms with Gasteiger partial charge in [-0.05, 0) is 42.5 Å². The van der Waals surface area contributed by atoms with Crippen molar-refractivity contribution in [3.63, 3.8) is 0 Å². The van der Waals surface area contributed by atoms with Gasteiger partial charge in [-0.25, -0.2) is 10.2 Å². The van der Waals surface area contributed by atoms with Gasteiger partial charge in [0.1, 0.15) is 0 Å². The van der Waals surface area contributed by atoms with Gasteiger partial charge in [0.25, 0.3) is 0 Å². The van der Waals surface area contributed by atoms with Crippen LogP contribution in [0.5, 0.6) is 0 Å². The molecule has 0 aliphatic carbocycles. The standard InChI is InChI=1S/C18H21N3O.2H2/c1-4-15-10-5-6-11-16(15)12-19-21-18(22)20-17-13(2)8-7-9-14(17)3;;/h5-12H,4H2,1-3H3,(H2,20,21,22);2*1H/b19-12+;;. The van der Waals surface area contributed by atoms with Gasteiger partial charge in [-0.15, -0.1) is 0 Å². The largest absolute Gasteiger partial charge is 0.339 e. The first kappa shape index (κ1) is 15.8. The minimum atomic E-state index is -0.345. The van der Waals surface area contributed by atoms with Crippen LogP contribution in [0.25, 0.3) is 0 Å². The molecule has 22 heavy (non-hydrogen) atoms. The summed E-state index contributed by atoms with van der Waals surface area (Å²) in [5, 5.41) is 6.85. The average Bonchev–Trinajstić information content (AvgIpc) is 2.51. The molecule has 0 unspecified atom stereocenters. The van der Waals surface area contributed by atoms with Crippen LogP contribution in [0.4, 0.5) is 10.5 Å². The van der Waals surface area contributed by atoms with Crippen molar-refractivity contribution in [1.29, 1.82) is 0 Å². The van der Waals surface area contributed by atoms with Crippen LogP contribution in [0.15, 0.2) is 47.6 Å². The second kappa shape index (κ2) is 7.41. The van der Waals surface area contributed by atoms with Gasteiger partial charge < -0.3 is 5.32 Å². The lowest BCUT2D eigenvalue weighted by Gasteiger charge is -2.10. The van der Waals surface area contributed by atoms with E-state index in [2.05, 4.69) is 28.8 Å². The lowest BCUT2D eigenvalue weighted by Crippen LogP contribution is -2.25. The molecule has 0 fully saturated rings. The predicted molar refractivity (Wildman–Crippen MR) is 95.7 cm³/mol. The lowest BCUT2D eigenvalue weighted by molar-refractivity contribution is 0.252. The highest BCUT2D eigenvalue weighted by molar-refractivity contribution is 5.92. The fourth-order valence-electron chi connectivity index (χ4n) is 2.30. The molecule has 4 nitrogen and oxygen atoms in total. The van der Waals surface area contributed by atoms with E-state index in [9.17, 15) is 4.79 Å². The normalized spacial score (nSPS) is 10.7. The molecule has 2 aromatic rings. The average molecular weight is 299 g/mol. The molecule has 0 aliphatic heterocycles. The first-order chi connectivity index (χ1) is 10.6. The molecule has 0 heterocycles. The summed E-state index contributed by atoms with van der Waals surface area (Å²) < 4.78 is 0. The molecular formula is C18H25N3O. The number of hydrazone groups is 1. The second-order valence-corrected chi connectivity index (χ2v) is 5.14. The Morgan fingerprint density at radius 2 is 1.82 bits per heavy atom. The molecular weight excluding hydrogens is 274 g/mol. The number of rotatable bonds is 4. The van der Waals surface area contributed by atoms with Gasteiger partial charge in [0.2, 0.25) is 0 Å². The number of nitrogens with one attached hydrogen (secondary N) is 2. The Labute approximate surface area is 134 Å². The van der Waals surface area contributed by atoms with Gasteiger partial charge >= 0.3 is 6.03 Å². The molecule has 118 valence electrons. The zero-order chi connectivity index (χ0) is 15.9. The van der Waals surface area contributed by atoms with Crippen molar-refractivity contribution in [3.05, 3.63) is 64.7 Å². The van der Waals surface area contributed by atoms with Gasteiger partial charge in [-0.2, -0.15) is 5.10 Å². The Bertz CT molecular complexity index is 682. The number of amides is 2. The van der Waals surface area contributed by atoms with Gasteiger partial charge in [0.15, 0.2) is 0 Å². The summed E-state index contributed by atoms with van der Waals surface area (Å²) in [6, 6.07) is 13.5. The maximum atomic E-state index is 11.9.